The number of thiophene rings is 1. The second kappa shape index (κ2) is 7.38. The van der Waals surface area contributed by atoms with E-state index in [1.54, 1.807) is 24.3 Å². The van der Waals surface area contributed by atoms with Crippen molar-refractivity contribution in [2.24, 2.45) is 0 Å². The summed E-state index contributed by atoms with van der Waals surface area (Å²) in [6, 6.07) is 14.9. The predicted molar refractivity (Wildman–Crippen MR) is 113 cm³/mol. The molecule has 0 aliphatic rings. The summed E-state index contributed by atoms with van der Waals surface area (Å²) in [5.74, 6) is -0.297. The zero-order chi connectivity index (χ0) is 22.5. The molecule has 160 valence electrons. The van der Waals surface area contributed by atoms with Gasteiger partial charge in [-0.2, -0.15) is 17.9 Å². The Bertz CT molecular complexity index is 1420. The van der Waals surface area contributed by atoms with Crippen LogP contribution in [-0.2, 0) is 6.18 Å². The van der Waals surface area contributed by atoms with E-state index in [1.165, 1.54) is 16.8 Å². The topological polar surface area (TPSA) is 82.5 Å². The van der Waals surface area contributed by atoms with Gasteiger partial charge in [-0.15, -0.1) is 16.4 Å². The summed E-state index contributed by atoms with van der Waals surface area (Å²) >= 11 is 0.959. The third-order valence-electron chi connectivity index (χ3n) is 4.82. The molecule has 0 bridgehead atoms. The van der Waals surface area contributed by atoms with E-state index in [-0.39, 0.29) is 32.3 Å². The van der Waals surface area contributed by atoms with Crippen molar-refractivity contribution in [3.63, 3.8) is 0 Å². The SMILES string of the molecule is Nc1c(-c2nnnn2-c2ccccc2)sc2nc(-c3ccc(F)cc3)cc(C(F)(F)F)c12. The molecule has 3 heterocycles. The van der Waals surface area contributed by atoms with Crippen LogP contribution in [0.3, 0.4) is 0 Å². The van der Waals surface area contributed by atoms with E-state index < -0.39 is 17.6 Å². The molecule has 0 fully saturated rings. The maximum absolute atomic E-state index is 14.0. The van der Waals surface area contributed by atoms with Crippen LogP contribution < -0.4 is 5.73 Å². The highest BCUT2D eigenvalue weighted by molar-refractivity contribution is 7.22. The number of tetrazole rings is 1. The summed E-state index contributed by atoms with van der Waals surface area (Å²) in [5.41, 5.74) is 6.19. The molecule has 6 nitrogen and oxygen atoms in total. The first-order valence-corrected chi connectivity index (χ1v) is 10.0. The number of para-hydroxylation sites is 1. The first-order chi connectivity index (χ1) is 15.3. The van der Waals surface area contributed by atoms with E-state index in [1.807, 2.05) is 6.07 Å². The standard InChI is InChI=1S/C21H12F4N6S/c22-12-8-6-11(7-9-12)15-10-14(21(23,24)25)16-17(26)18(32-20(16)27-15)19-28-29-30-31(19)13-4-2-1-3-5-13/h1-10H,26H2. The fourth-order valence-corrected chi connectivity index (χ4v) is 4.44. The number of nitrogens with zero attached hydrogens (tertiary/aromatic N) is 5. The highest BCUT2D eigenvalue weighted by Crippen LogP contribution is 2.46. The predicted octanol–water partition coefficient (Wildman–Crippen LogP) is 5.35. The van der Waals surface area contributed by atoms with Crippen LogP contribution in [0.4, 0.5) is 23.2 Å². The zero-order valence-electron chi connectivity index (χ0n) is 16.0. The van der Waals surface area contributed by atoms with E-state index in [9.17, 15) is 17.6 Å². The Labute approximate surface area is 181 Å². The lowest BCUT2D eigenvalue weighted by molar-refractivity contribution is -0.136. The van der Waals surface area contributed by atoms with Gasteiger partial charge in [0, 0.05) is 10.9 Å². The van der Waals surface area contributed by atoms with Crippen LogP contribution in [0.5, 0.6) is 0 Å². The average molecular weight is 456 g/mol. The van der Waals surface area contributed by atoms with Gasteiger partial charge in [0.15, 0.2) is 5.82 Å². The molecule has 5 aromatic rings. The molecule has 2 N–H and O–H groups in total. The number of hydrogen-bond acceptors (Lipinski definition) is 6. The summed E-state index contributed by atoms with van der Waals surface area (Å²) in [6.07, 6.45) is -4.69. The van der Waals surface area contributed by atoms with Crippen LogP contribution in [0.25, 0.3) is 37.9 Å². The molecule has 0 aliphatic carbocycles. The quantitative estimate of drug-likeness (QED) is 0.370. The number of anilines is 1. The van der Waals surface area contributed by atoms with Crippen molar-refractivity contribution in [1.82, 2.24) is 25.2 Å². The number of aromatic nitrogens is 5. The monoisotopic (exact) mass is 456 g/mol. The number of fused-ring (bicyclic) bond motifs is 1. The summed E-state index contributed by atoms with van der Waals surface area (Å²) in [6.45, 7) is 0. The first-order valence-electron chi connectivity index (χ1n) is 9.23. The van der Waals surface area contributed by atoms with Crippen LogP contribution in [0.2, 0.25) is 0 Å². The lowest BCUT2D eigenvalue weighted by Crippen LogP contribution is -2.07. The Morgan fingerprint density at radius 2 is 1.69 bits per heavy atom. The van der Waals surface area contributed by atoms with Crippen molar-refractivity contribution in [2.45, 2.75) is 6.18 Å². The molecule has 0 saturated heterocycles. The van der Waals surface area contributed by atoms with Crippen LogP contribution in [0.1, 0.15) is 5.56 Å². The highest BCUT2D eigenvalue weighted by Gasteiger charge is 2.36. The third kappa shape index (κ3) is 3.36. The van der Waals surface area contributed by atoms with E-state index in [0.717, 1.165) is 29.5 Å². The number of halogens is 4. The molecule has 0 amide bonds. The summed E-state index contributed by atoms with van der Waals surface area (Å²) in [5, 5.41) is 11.4. The highest BCUT2D eigenvalue weighted by atomic mass is 32.1. The normalized spacial score (nSPS) is 11.9. The molecular weight excluding hydrogens is 444 g/mol. The minimum Gasteiger partial charge on any atom is -0.397 e. The molecule has 0 atom stereocenters. The van der Waals surface area contributed by atoms with Gasteiger partial charge in [0.2, 0.25) is 0 Å². The molecule has 32 heavy (non-hydrogen) atoms. The van der Waals surface area contributed by atoms with Gasteiger partial charge in [0.05, 0.1) is 27.5 Å². The minimum atomic E-state index is -4.69. The smallest absolute Gasteiger partial charge is 0.397 e. The first kappa shape index (κ1) is 20.1. The van der Waals surface area contributed by atoms with Crippen molar-refractivity contribution in [1.29, 1.82) is 0 Å². The lowest BCUT2D eigenvalue weighted by Gasteiger charge is -2.11. The lowest BCUT2D eigenvalue weighted by atomic mass is 10.1. The third-order valence-corrected chi connectivity index (χ3v) is 5.91. The van der Waals surface area contributed by atoms with Crippen molar-refractivity contribution in [3.8, 4) is 27.6 Å². The van der Waals surface area contributed by atoms with E-state index in [0.29, 0.717) is 11.3 Å². The van der Waals surface area contributed by atoms with Gasteiger partial charge in [-0.3, -0.25) is 0 Å². The Kier molecular flexibility index (Phi) is 4.63. The molecule has 0 unspecified atom stereocenters. The van der Waals surface area contributed by atoms with Gasteiger partial charge < -0.3 is 5.73 Å². The van der Waals surface area contributed by atoms with Crippen LogP contribution in [-0.4, -0.2) is 25.2 Å². The summed E-state index contributed by atoms with van der Waals surface area (Å²) in [4.78, 5) is 4.73. The van der Waals surface area contributed by atoms with Gasteiger partial charge >= 0.3 is 6.18 Å². The molecule has 11 heteroatoms. The summed E-state index contributed by atoms with van der Waals surface area (Å²) in [7, 11) is 0. The van der Waals surface area contributed by atoms with Crippen molar-refractivity contribution < 1.29 is 17.6 Å². The molecule has 0 saturated carbocycles. The van der Waals surface area contributed by atoms with Gasteiger partial charge in [-0.25, -0.2) is 9.37 Å². The average Bonchev–Trinajstić information content (AvgIpc) is 3.38. The van der Waals surface area contributed by atoms with Gasteiger partial charge in [0.25, 0.3) is 0 Å². The Balaban J connectivity index is 1.75. The van der Waals surface area contributed by atoms with Crippen LogP contribution >= 0.6 is 11.3 Å². The maximum atomic E-state index is 14.0. The Morgan fingerprint density at radius 1 is 0.969 bits per heavy atom. The van der Waals surface area contributed by atoms with Gasteiger partial charge in [-0.1, -0.05) is 18.2 Å². The number of pyridine rings is 1. The number of hydrogen-bond donors (Lipinski definition) is 1. The number of alkyl halides is 3. The molecule has 0 spiro atoms. The number of benzene rings is 2. The van der Waals surface area contributed by atoms with Crippen LogP contribution in [0.15, 0.2) is 60.7 Å². The van der Waals surface area contributed by atoms with Crippen molar-refractivity contribution in [3.05, 3.63) is 72.0 Å². The molecule has 0 radical (unpaired) electrons. The number of rotatable bonds is 3. The Hall–Kier alpha value is -3.86. The molecule has 2 aromatic carbocycles. The fraction of sp³-hybridized carbons (Fsp3) is 0.0476. The largest absolute Gasteiger partial charge is 0.417 e. The number of nitrogens with two attached hydrogens (primary N) is 1. The second-order valence-electron chi connectivity index (χ2n) is 6.83. The van der Waals surface area contributed by atoms with Crippen molar-refractivity contribution >= 4 is 27.2 Å². The maximum Gasteiger partial charge on any atom is 0.417 e. The van der Waals surface area contributed by atoms with Gasteiger partial charge in [-0.05, 0) is 52.9 Å². The van der Waals surface area contributed by atoms with E-state index in [4.69, 9.17) is 5.73 Å². The minimum absolute atomic E-state index is 0.0558. The van der Waals surface area contributed by atoms with Crippen LogP contribution in [0, 0.1) is 5.82 Å². The molecule has 3 aromatic heterocycles. The Morgan fingerprint density at radius 3 is 2.38 bits per heavy atom. The second-order valence-corrected chi connectivity index (χ2v) is 7.83. The molecular formula is C21H12F4N6S. The fourth-order valence-electron chi connectivity index (χ4n) is 3.35. The van der Waals surface area contributed by atoms with Crippen molar-refractivity contribution in [2.75, 3.05) is 5.73 Å². The molecule has 5 rings (SSSR count). The van der Waals surface area contributed by atoms with E-state index in [2.05, 4.69) is 20.5 Å². The number of nitrogen functional groups attached to an aromatic ring is 1. The zero-order valence-corrected chi connectivity index (χ0v) is 16.8. The molecule has 0 aliphatic heterocycles. The van der Waals surface area contributed by atoms with Gasteiger partial charge in [0.1, 0.15) is 10.6 Å². The summed E-state index contributed by atoms with van der Waals surface area (Å²) < 4.78 is 56.6. The van der Waals surface area contributed by atoms with E-state index >= 15 is 0 Å².